The fourth-order valence-electron chi connectivity index (χ4n) is 1.65. The summed E-state index contributed by atoms with van der Waals surface area (Å²) in [6.45, 7) is 2.20. The number of nitrogens with zero attached hydrogens (tertiary/aromatic N) is 1. The van der Waals surface area contributed by atoms with Gasteiger partial charge in [0.15, 0.2) is 0 Å². The molecule has 0 atom stereocenters. The van der Waals surface area contributed by atoms with Gasteiger partial charge in [0.1, 0.15) is 5.82 Å². The number of amides is 1. The summed E-state index contributed by atoms with van der Waals surface area (Å²) >= 11 is 3.27. The van der Waals surface area contributed by atoms with Gasteiger partial charge >= 0.3 is 0 Å². The van der Waals surface area contributed by atoms with E-state index in [0.29, 0.717) is 12.0 Å². The van der Waals surface area contributed by atoms with Crippen molar-refractivity contribution in [2.45, 2.75) is 26.3 Å². The highest BCUT2D eigenvalue weighted by molar-refractivity contribution is 9.10. The summed E-state index contributed by atoms with van der Waals surface area (Å²) < 4.78 is 14.4. The van der Waals surface area contributed by atoms with E-state index in [1.807, 2.05) is 6.92 Å². The number of hydrogen-bond donors (Lipinski definition) is 1. The van der Waals surface area contributed by atoms with Crippen molar-refractivity contribution in [3.05, 3.63) is 34.1 Å². The first-order valence-electron chi connectivity index (χ1n) is 5.91. The van der Waals surface area contributed by atoms with E-state index >= 15 is 0 Å². The van der Waals surface area contributed by atoms with Crippen LogP contribution in [0.25, 0.3) is 0 Å². The van der Waals surface area contributed by atoms with Crippen LogP contribution >= 0.6 is 15.9 Å². The van der Waals surface area contributed by atoms with E-state index in [2.05, 4.69) is 15.9 Å². The van der Waals surface area contributed by atoms with Crippen LogP contribution in [0.3, 0.4) is 0 Å². The van der Waals surface area contributed by atoms with Crippen molar-refractivity contribution < 1.29 is 14.3 Å². The minimum Gasteiger partial charge on any atom is -0.395 e. The molecule has 5 heteroatoms. The first-order chi connectivity index (χ1) is 8.58. The van der Waals surface area contributed by atoms with Crippen LogP contribution in [0.5, 0.6) is 0 Å². The lowest BCUT2D eigenvalue weighted by atomic mass is 10.2. The van der Waals surface area contributed by atoms with E-state index < -0.39 is 0 Å². The van der Waals surface area contributed by atoms with Crippen LogP contribution in [0.4, 0.5) is 4.39 Å². The number of aliphatic hydroxyl groups excluding tert-OH is 1. The number of carbonyl (C=O) groups is 1. The summed E-state index contributed by atoms with van der Waals surface area (Å²) in [6.07, 6.45) is 1.15. The quantitative estimate of drug-likeness (QED) is 0.876. The van der Waals surface area contributed by atoms with E-state index in [0.717, 1.165) is 10.9 Å². The summed E-state index contributed by atoms with van der Waals surface area (Å²) in [5, 5.41) is 8.96. The van der Waals surface area contributed by atoms with Crippen molar-refractivity contribution in [3.63, 3.8) is 0 Å². The van der Waals surface area contributed by atoms with Gasteiger partial charge in [0.2, 0.25) is 5.91 Å². The molecule has 0 aliphatic heterocycles. The molecule has 3 nitrogen and oxygen atoms in total. The predicted molar refractivity (Wildman–Crippen MR) is 71.5 cm³/mol. The maximum absolute atomic E-state index is 13.6. The lowest BCUT2D eigenvalue weighted by Crippen LogP contribution is -2.33. The molecule has 1 aromatic carbocycles. The second kappa shape index (κ2) is 7.48. The molecule has 0 aliphatic carbocycles. The molecule has 1 aromatic rings. The van der Waals surface area contributed by atoms with Crippen LogP contribution < -0.4 is 0 Å². The van der Waals surface area contributed by atoms with Crippen molar-refractivity contribution in [1.82, 2.24) is 4.90 Å². The molecular formula is C13H17BrFNO2. The Labute approximate surface area is 115 Å². The normalized spacial score (nSPS) is 10.4. The predicted octanol–water partition coefficient (Wildman–Crippen LogP) is 2.71. The second-order valence-corrected chi connectivity index (χ2v) is 4.94. The molecule has 1 rings (SSSR count). The van der Waals surface area contributed by atoms with Crippen LogP contribution in [0.1, 0.15) is 25.3 Å². The summed E-state index contributed by atoms with van der Waals surface area (Å²) in [5.74, 6) is -0.406. The Bertz CT molecular complexity index is 412. The fraction of sp³-hybridized carbons (Fsp3) is 0.462. The average molecular weight is 318 g/mol. The molecule has 1 N–H and O–H groups in total. The van der Waals surface area contributed by atoms with E-state index in [9.17, 15) is 9.18 Å². The third-order valence-corrected chi connectivity index (χ3v) is 3.05. The maximum Gasteiger partial charge on any atom is 0.222 e. The van der Waals surface area contributed by atoms with Crippen molar-refractivity contribution >= 4 is 21.8 Å². The Morgan fingerprint density at radius 1 is 1.50 bits per heavy atom. The molecule has 100 valence electrons. The highest BCUT2D eigenvalue weighted by atomic mass is 79.9. The van der Waals surface area contributed by atoms with Gasteiger partial charge in [-0.3, -0.25) is 4.79 Å². The van der Waals surface area contributed by atoms with Gasteiger partial charge < -0.3 is 10.0 Å². The van der Waals surface area contributed by atoms with Gasteiger partial charge in [0.05, 0.1) is 6.61 Å². The third-order valence-electron chi connectivity index (χ3n) is 2.56. The van der Waals surface area contributed by atoms with Crippen LogP contribution in [0, 0.1) is 5.82 Å². The van der Waals surface area contributed by atoms with Crippen molar-refractivity contribution in [2.24, 2.45) is 0 Å². The smallest absolute Gasteiger partial charge is 0.222 e. The van der Waals surface area contributed by atoms with Crippen LogP contribution in [-0.4, -0.2) is 29.1 Å². The summed E-state index contributed by atoms with van der Waals surface area (Å²) in [7, 11) is 0. The number of halogens is 2. The SMILES string of the molecule is CCCC(=O)N(CCO)Cc1cc(Br)ccc1F. The van der Waals surface area contributed by atoms with E-state index in [1.165, 1.54) is 11.0 Å². The van der Waals surface area contributed by atoms with Gasteiger partial charge in [-0.05, 0) is 24.6 Å². The first-order valence-corrected chi connectivity index (χ1v) is 6.70. The molecule has 0 spiro atoms. The van der Waals surface area contributed by atoms with Gasteiger partial charge in [-0.1, -0.05) is 22.9 Å². The molecule has 18 heavy (non-hydrogen) atoms. The standard InChI is InChI=1S/C13H17BrFNO2/c1-2-3-13(18)16(6-7-17)9-10-8-11(14)4-5-12(10)15/h4-5,8,17H,2-3,6-7,9H2,1H3. The van der Waals surface area contributed by atoms with E-state index in [1.54, 1.807) is 12.1 Å². The Morgan fingerprint density at radius 2 is 2.22 bits per heavy atom. The number of aliphatic hydroxyl groups is 1. The number of rotatable bonds is 6. The molecule has 0 saturated carbocycles. The van der Waals surface area contributed by atoms with Crippen LogP contribution in [-0.2, 0) is 11.3 Å². The minimum atomic E-state index is -0.342. The zero-order valence-electron chi connectivity index (χ0n) is 10.3. The Kier molecular flexibility index (Phi) is 6.29. The van der Waals surface area contributed by atoms with Gasteiger partial charge in [-0.2, -0.15) is 0 Å². The molecule has 0 bridgehead atoms. The Morgan fingerprint density at radius 3 is 2.83 bits per heavy atom. The van der Waals surface area contributed by atoms with Crippen LogP contribution in [0.15, 0.2) is 22.7 Å². The number of hydrogen-bond acceptors (Lipinski definition) is 2. The number of benzene rings is 1. The maximum atomic E-state index is 13.6. The molecule has 0 aromatic heterocycles. The fourth-order valence-corrected chi connectivity index (χ4v) is 2.06. The molecule has 1 amide bonds. The zero-order chi connectivity index (χ0) is 13.5. The highest BCUT2D eigenvalue weighted by Crippen LogP contribution is 2.17. The lowest BCUT2D eigenvalue weighted by Gasteiger charge is -2.22. The van der Waals surface area contributed by atoms with Gasteiger partial charge in [-0.15, -0.1) is 0 Å². The minimum absolute atomic E-state index is 0.0640. The zero-order valence-corrected chi connectivity index (χ0v) is 11.9. The summed E-state index contributed by atoms with van der Waals surface area (Å²) in [5.41, 5.74) is 0.447. The number of carbonyl (C=O) groups excluding carboxylic acids is 1. The summed E-state index contributed by atoms with van der Waals surface area (Å²) in [6, 6.07) is 4.63. The first kappa shape index (κ1) is 15.1. The topological polar surface area (TPSA) is 40.5 Å². The Balaban J connectivity index is 2.82. The van der Waals surface area contributed by atoms with Gasteiger partial charge in [-0.25, -0.2) is 4.39 Å². The molecule has 0 unspecified atom stereocenters. The second-order valence-electron chi connectivity index (χ2n) is 4.02. The van der Waals surface area contributed by atoms with Gasteiger partial charge in [0, 0.05) is 29.5 Å². The van der Waals surface area contributed by atoms with Crippen molar-refractivity contribution in [3.8, 4) is 0 Å². The third kappa shape index (κ3) is 4.38. The van der Waals surface area contributed by atoms with Crippen molar-refractivity contribution in [1.29, 1.82) is 0 Å². The summed E-state index contributed by atoms with van der Waals surface area (Å²) in [4.78, 5) is 13.3. The van der Waals surface area contributed by atoms with Crippen LogP contribution in [0.2, 0.25) is 0 Å². The molecule has 0 saturated heterocycles. The van der Waals surface area contributed by atoms with Gasteiger partial charge in [0.25, 0.3) is 0 Å². The lowest BCUT2D eigenvalue weighted by molar-refractivity contribution is -0.132. The largest absolute Gasteiger partial charge is 0.395 e. The molecule has 0 aliphatic rings. The Hall–Kier alpha value is -0.940. The monoisotopic (exact) mass is 317 g/mol. The molecule has 0 fully saturated rings. The van der Waals surface area contributed by atoms with E-state index in [4.69, 9.17) is 5.11 Å². The molecular weight excluding hydrogens is 301 g/mol. The van der Waals surface area contributed by atoms with E-state index in [-0.39, 0.29) is 31.4 Å². The highest BCUT2D eigenvalue weighted by Gasteiger charge is 2.14. The molecule has 0 radical (unpaired) electrons. The molecule has 0 heterocycles. The average Bonchev–Trinajstić information content (AvgIpc) is 2.33. The van der Waals surface area contributed by atoms with Crippen molar-refractivity contribution in [2.75, 3.05) is 13.2 Å².